The fourth-order valence-electron chi connectivity index (χ4n) is 2.21. The fraction of sp³-hybridized carbons (Fsp3) is 0.263. The van der Waals surface area contributed by atoms with Gasteiger partial charge in [-0.3, -0.25) is 0 Å². The molecular formula is C19H15Cl3F3NO5. The first-order valence-corrected chi connectivity index (χ1v) is 9.72. The van der Waals surface area contributed by atoms with Crippen LogP contribution >= 0.6 is 34.8 Å². The predicted molar refractivity (Wildman–Crippen MR) is 108 cm³/mol. The summed E-state index contributed by atoms with van der Waals surface area (Å²) in [7, 11) is 0. The molecule has 0 aliphatic rings. The fourth-order valence-corrected chi connectivity index (χ4v) is 2.59. The quantitative estimate of drug-likeness (QED) is 0.405. The lowest BCUT2D eigenvalue weighted by Crippen LogP contribution is -2.24. The summed E-state index contributed by atoms with van der Waals surface area (Å²) in [4.78, 5) is 15.3. The number of hydrogen-bond acceptors (Lipinski definition) is 5. The highest BCUT2D eigenvalue weighted by atomic mass is 35.5. The Labute approximate surface area is 190 Å². The van der Waals surface area contributed by atoms with E-state index < -0.39 is 24.0 Å². The van der Waals surface area contributed by atoms with Crippen LogP contribution in [0, 0.1) is 0 Å². The summed E-state index contributed by atoms with van der Waals surface area (Å²) in [6, 6.07) is 4.34. The van der Waals surface area contributed by atoms with Crippen molar-refractivity contribution in [3.8, 4) is 17.4 Å². The molecule has 2 aromatic rings. The van der Waals surface area contributed by atoms with Crippen LogP contribution in [0.1, 0.15) is 29.3 Å². The summed E-state index contributed by atoms with van der Waals surface area (Å²) in [5, 5.41) is 9.42. The summed E-state index contributed by atoms with van der Waals surface area (Å²) in [5.74, 6) is -1.57. The Morgan fingerprint density at radius 2 is 1.97 bits per heavy atom. The molecule has 31 heavy (non-hydrogen) atoms. The predicted octanol–water partition coefficient (Wildman–Crippen LogP) is 6.34. The van der Waals surface area contributed by atoms with Crippen molar-refractivity contribution in [1.82, 2.24) is 4.98 Å². The number of hydrogen-bond donors (Lipinski definition) is 1. The lowest BCUT2D eigenvalue weighted by atomic mass is 10.2. The first kappa shape index (κ1) is 24.9. The van der Waals surface area contributed by atoms with Gasteiger partial charge in [-0.15, -0.1) is 0 Å². The first-order chi connectivity index (χ1) is 14.5. The average Bonchev–Trinajstić information content (AvgIpc) is 2.68. The van der Waals surface area contributed by atoms with Gasteiger partial charge in [0.05, 0.1) is 10.6 Å². The van der Waals surface area contributed by atoms with Crippen molar-refractivity contribution in [2.24, 2.45) is 0 Å². The Balaban J connectivity index is 2.21. The van der Waals surface area contributed by atoms with E-state index in [1.54, 1.807) is 6.92 Å². The molecule has 0 fully saturated rings. The van der Waals surface area contributed by atoms with E-state index in [9.17, 15) is 23.1 Å². The largest absolute Gasteiger partial charge is 0.489 e. The molecular weight excluding hydrogens is 486 g/mol. The molecule has 0 aliphatic carbocycles. The van der Waals surface area contributed by atoms with Gasteiger partial charge in [-0.05, 0) is 18.2 Å². The summed E-state index contributed by atoms with van der Waals surface area (Å²) >= 11 is 17.1. The van der Waals surface area contributed by atoms with E-state index in [1.165, 1.54) is 18.2 Å². The zero-order chi connectivity index (χ0) is 23.2. The van der Waals surface area contributed by atoms with Crippen LogP contribution in [0.2, 0.25) is 5.02 Å². The van der Waals surface area contributed by atoms with Crippen LogP contribution < -0.4 is 14.2 Å². The van der Waals surface area contributed by atoms with Gasteiger partial charge in [-0.25, -0.2) is 9.78 Å². The molecule has 1 N–H and O–H groups in total. The van der Waals surface area contributed by atoms with Gasteiger partial charge in [0.15, 0.2) is 5.75 Å². The monoisotopic (exact) mass is 499 g/mol. The molecule has 1 unspecified atom stereocenters. The second-order valence-electron chi connectivity index (χ2n) is 5.85. The standard InChI is InChI=1S/C19H15Cl3F3NO5/c1-2-16(30-15-4-3-10(9-26-15)19(23,24)25)31-17-12(18(27)28)7-11(8-13(17)20)29-6-5-14(21)22/h3-5,7-9,16H,2,6H2,1H3,(H,27,28). The summed E-state index contributed by atoms with van der Waals surface area (Å²) in [6.45, 7) is 1.63. The molecule has 12 heteroatoms. The molecule has 0 aliphatic heterocycles. The zero-order valence-electron chi connectivity index (χ0n) is 15.8. The van der Waals surface area contributed by atoms with Gasteiger partial charge in [-0.1, -0.05) is 41.7 Å². The van der Waals surface area contributed by atoms with Crippen molar-refractivity contribution in [1.29, 1.82) is 0 Å². The number of pyridine rings is 1. The van der Waals surface area contributed by atoms with Gasteiger partial charge in [-0.2, -0.15) is 13.2 Å². The minimum absolute atomic E-state index is 0.0238. The van der Waals surface area contributed by atoms with Crippen LogP contribution in [-0.4, -0.2) is 29.0 Å². The second-order valence-corrected chi connectivity index (χ2v) is 7.26. The Hall–Kier alpha value is -2.36. The first-order valence-electron chi connectivity index (χ1n) is 8.58. The lowest BCUT2D eigenvalue weighted by Gasteiger charge is -2.21. The number of carboxylic acid groups (broad SMARTS) is 1. The smallest absolute Gasteiger partial charge is 0.417 e. The molecule has 0 radical (unpaired) electrons. The summed E-state index contributed by atoms with van der Waals surface area (Å²) < 4.78 is 54.3. The molecule has 168 valence electrons. The SMILES string of the molecule is CCC(Oc1ccc(C(F)(F)F)cn1)Oc1c(Cl)cc(OCC=C(Cl)Cl)cc1C(=O)O. The normalized spacial score (nSPS) is 12.1. The molecule has 0 saturated carbocycles. The van der Waals surface area contributed by atoms with E-state index in [2.05, 4.69) is 4.98 Å². The van der Waals surface area contributed by atoms with Gasteiger partial charge in [0, 0.05) is 24.8 Å². The Morgan fingerprint density at radius 3 is 2.48 bits per heavy atom. The van der Waals surface area contributed by atoms with E-state index in [1.807, 2.05) is 0 Å². The Bertz CT molecular complexity index is 948. The number of rotatable bonds is 9. The number of nitrogens with zero attached hydrogens (tertiary/aromatic N) is 1. The van der Waals surface area contributed by atoms with Crippen LogP contribution in [0.15, 0.2) is 41.0 Å². The van der Waals surface area contributed by atoms with Crippen molar-refractivity contribution in [3.05, 3.63) is 57.2 Å². The van der Waals surface area contributed by atoms with E-state index in [0.717, 1.165) is 12.1 Å². The molecule has 1 atom stereocenters. The van der Waals surface area contributed by atoms with Gasteiger partial charge < -0.3 is 19.3 Å². The minimum atomic E-state index is -4.54. The number of halogens is 6. The molecule has 0 amide bonds. The summed E-state index contributed by atoms with van der Waals surface area (Å²) in [5.41, 5.74) is -1.25. The Kier molecular flexibility index (Phi) is 8.67. The number of aromatic nitrogens is 1. The maximum absolute atomic E-state index is 12.6. The maximum Gasteiger partial charge on any atom is 0.417 e. The van der Waals surface area contributed by atoms with Gasteiger partial charge in [0.1, 0.15) is 22.4 Å². The molecule has 0 bridgehead atoms. The maximum atomic E-state index is 12.6. The van der Waals surface area contributed by atoms with Gasteiger partial charge in [0.25, 0.3) is 0 Å². The van der Waals surface area contributed by atoms with Crippen LogP contribution in [0.5, 0.6) is 17.4 Å². The molecule has 6 nitrogen and oxygen atoms in total. The number of carboxylic acids is 1. The number of ether oxygens (including phenoxy) is 3. The second kappa shape index (κ2) is 10.8. The molecule has 1 heterocycles. The lowest BCUT2D eigenvalue weighted by molar-refractivity contribution is -0.137. The van der Waals surface area contributed by atoms with Gasteiger partial charge in [0.2, 0.25) is 12.2 Å². The average molecular weight is 501 g/mol. The number of benzene rings is 1. The van der Waals surface area contributed by atoms with E-state index in [-0.39, 0.29) is 45.5 Å². The molecule has 1 aromatic carbocycles. The van der Waals surface area contributed by atoms with Crippen LogP contribution in [0.25, 0.3) is 0 Å². The number of aromatic carboxylic acids is 1. The highest BCUT2D eigenvalue weighted by Crippen LogP contribution is 2.35. The van der Waals surface area contributed by atoms with E-state index in [4.69, 9.17) is 49.0 Å². The Morgan fingerprint density at radius 1 is 1.26 bits per heavy atom. The molecule has 0 saturated heterocycles. The number of carbonyl (C=O) groups is 1. The van der Waals surface area contributed by atoms with Crippen molar-refractivity contribution < 1.29 is 37.3 Å². The molecule has 2 rings (SSSR count). The van der Waals surface area contributed by atoms with E-state index >= 15 is 0 Å². The molecule has 0 spiro atoms. The van der Waals surface area contributed by atoms with Crippen LogP contribution in [0.4, 0.5) is 13.2 Å². The van der Waals surface area contributed by atoms with Crippen molar-refractivity contribution in [3.63, 3.8) is 0 Å². The van der Waals surface area contributed by atoms with Crippen molar-refractivity contribution in [2.45, 2.75) is 25.8 Å². The van der Waals surface area contributed by atoms with Crippen molar-refractivity contribution in [2.75, 3.05) is 6.61 Å². The van der Waals surface area contributed by atoms with Crippen LogP contribution in [-0.2, 0) is 6.18 Å². The third kappa shape index (κ3) is 7.37. The summed E-state index contributed by atoms with van der Waals surface area (Å²) in [6.07, 6.45) is -3.45. The third-order valence-corrected chi connectivity index (χ3v) is 4.22. The molecule has 1 aromatic heterocycles. The highest BCUT2D eigenvalue weighted by Gasteiger charge is 2.31. The topological polar surface area (TPSA) is 77.9 Å². The van der Waals surface area contributed by atoms with Crippen LogP contribution in [0.3, 0.4) is 0 Å². The van der Waals surface area contributed by atoms with Crippen molar-refractivity contribution >= 4 is 40.8 Å². The van der Waals surface area contributed by atoms with E-state index in [0.29, 0.717) is 6.20 Å². The number of alkyl halides is 3. The van der Waals surface area contributed by atoms with Gasteiger partial charge >= 0.3 is 12.1 Å². The minimum Gasteiger partial charge on any atom is -0.489 e. The zero-order valence-corrected chi connectivity index (χ0v) is 18.0. The highest BCUT2D eigenvalue weighted by molar-refractivity contribution is 6.55. The third-order valence-electron chi connectivity index (χ3n) is 3.63.